The average Bonchev–Trinajstić information content (AvgIpc) is 2.41. The monoisotopic (exact) mass is 284 g/mol. The third kappa shape index (κ3) is 4.17. The summed E-state index contributed by atoms with van der Waals surface area (Å²) in [6, 6.07) is 0.281. The van der Waals surface area contributed by atoms with Gasteiger partial charge in [0.15, 0.2) is 0 Å². The molecule has 2 N–H and O–H groups in total. The first-order chi connectivity index (χ1) is 9.50. The SMILES string of the molecule is CC1CCCNC1CC(=O)N(C)CC1(O)CCOCC1. The van der Waals surface area contributed by atoms with E-state index in [0.29, 0.717) is 44.9 Å². The van der Waals surface area contributed by atoms with Crippen molar-refractivity contribution < 1.29 is 14.6 Å². The zero-order valence-electron chi connectivity index (χ0n) is 12.7. The molecule has 5 heteroatoms. The van der Waals surface area contributed by atoms with Crippen molar-refractivity contribution in [2.75, 3.05) is 33.4 Å². The lowest BCUT2D eigenvalue weighted by Crippen LogP contribution is -2.49. The number of hydrogen-bond donors (Lipinski definition) is 2. The highest BCUT2D eigenvalue weighted by Crippen LogP contribution is 2.23. The summed E-state index contributed by atoms with van der Waals surface area (Å²) in [7, 11) is 1.79. The van der Waals surface area contributed by atoms with Crippen molar-refractivity contribution in [3.8, 4) is 0 Å². The van der Waals surface area contributed by atoms with Crippen LogP contribution in [0.5, 0.6) is 0 Å². The lowest BCUT2D eigenvalue weighted by molar-refractivity contribution is -0.137. The molecule has 2 unspecified atom stereocenters. The number of nitrogens with zero attached hydrogens (tertiary/aromatic N) is 1. The van der Waals surface area contributed by atoms with E-state index in [1.807, 2.05) is 0 Å². The molecule has 2 aliphatic rings. The maximum Gasteiger partial charge on any atom is 0.223 e. The van der Waals surface area contributed by atoms with Gasteiger partial charge in [-0.1, -0.05) is 6.92 Å². The Bertz CT molecular complexity index is 329. The fourth-order valence-electron chi connectivity index (χ4n) is 3.17. The Kier molecular flexibility index (Phi) is 5.41. The fourth-order valence-corrected chi connectivity index (χ4v) is 3.17. The molecule has 0 spiro atoms. The van der Waals surface area contributed by atoms with Gasteiger partial charge in [0, 0.05) is 52.1 Å². The highest BCUT2D eigenvalue weighted by Gasteiger charge is 2.33. The quantitative estimate of drug-likeness (QED) is 0.800. The van der Waals surface area contributed by atoms with Crippen molar-refractivity contribution in [1.82, 2.24) is 10.2 Å². The molecular formula is C15H28N2O3. The van der Waals surface area contributed by atoms with Gasteiger partial charge in [-0.25, -0.2) is 0 Å². The van der Waals surface area contributed by atoms with Crippen molar-refractivity contribution in [2.24, 2.45) is 5.92 Å². The summed E-state index contributed by atoms with van der Waals surface area (Å²) in [6.45, 7) is 4.79. The summed E-state index contributed by atoms with van der Waals surface area (Å²) in [6.07, 6.45) is 4.15. The van der Waals surface area contributed by atoms with Crippen LogP contribution in [0.4, 0.5) is 0 Å². The standard InChI is InChI=1S/C15H28N2O3/c1-12-4-3-7-16-13(12)10-14(18)17(2)11-15(19)5-8-20-9-6-15/h12-13,16,19H,3-11H2,1-2H3. The maximum atomic E-state index is 12.3. The minimum atomic E-state index is -0.770. The van der Waals surface area contributed by atoms with Crippen LogP contribution in [0.15, 0.2) is 0 Å². The second-order valence-electron chi connectivity index (χ2n) is 6.47. The fraction of sp³-hybridized carbons (Fsp3) is 0.933. The van der Waals surface area contributed by atoms with Gasteiger partial charge in [0.2, 0.25) is 5.91 Å². The highest BCUT2D eigenvalue weighted by molar-refractivity contribution is 5.76. The molecule has 20 heavy (non-hydrogen) atoms. The first-order valence-corrected chi connectivity index (χ1v) is 7.78. The Balaban J connectivity index is 1.82. The third-order valence-electron chi connectivity index (χ3n) is 4.70. The third-order valence-corrected chi connectivity index (χ3v) is 4.70. The van der Waals surface area contributed by atoms with Gasteiger partial charge in [-0.3, -0.25) is 4.79 Å². The number of piperidine rings is 1. The zero-order chi connectivity index (χ0) is 14.6. The second kappa shape index (κ2) is 6.87. The van der Waals surface area contributed by atoms with Gasteiger partial charge >= 0.3 is 0 Å². The molecule has 0 aromatic rings. The first-order valence-electron chi connectivity index (χ1n) is 7.78. The molecule has 1 amide bonds. The van der Waals surface area contributed by atoms with E-state index >= 15 is 0 Å². The molecule has 2 heterocycles. The number of likely N-dealkylation sites (N-methyl/N-ethyl adjacent to an activating group) is 1. The van der Waals surface area contributed by atoms with Crippen molar-refractivity contribution in [1.29, 1.82) is 0 Å². The van der Waals surface area contributed by atoms with Crippen LogP contribution in [0, 0.1) is 5.92 Å². The highest BCUT2D eigenvalue weighted by atomic mass is 16.5. The Morgan fingerprint density at radius 1 is 1.45 bits per heavy atom. The molecule has 2 atom stereocenters. The zero-order valence-corrected chi connectivity index (χ0v) is 12.7. The molecule has 0 aliphatic carbocycles. The number of carbonyl (C=O) groups is 1. The summed E-state index contributed by atoms with van der Waals surface area (Å²) >= 11 is 0. The number of amides is 1. The van der Waals surface area contributed by atoms with E-state index in [1.165, 1.54) is 12.8 Å². The van der Waals surface area contributed by atoms with E-state index in [-0.39, 0.29) is 11.9 Å². The van der Waals surface area contributed by atoms with Gasteiger partial charge in [-0.05, 0) is 25.3 Å². The first kappa shape index (κ1) is 15.7. The van der Waals surface area contributed by atoms with Crippen LogP contribution in [0.25, 0.3) is 0 Å². The lowest BCUT2D eigenvalue weighted by Gasteiger charge is -2.36. The molecule has 2 saturated heterocycles. The minimum Gasteiger partial charge on any atom is -0.388 e. The van der Waals surface area contributed by atoms with Crippen LogP contribution in [-0.2, 0) is 9.53 Å². The number of aliphatic hydroxyl groups is 1. The normalized spacial score (nSPS) is 29.9. The van der Waals surface area contributed by atoms with E-state index in [4.69, 9.17) is 4.74 Å². The van der Waals surface area contributed by atoms with E-state index in [0.717, 1.165) is 6.54 Å². The van der Waals surface area contributed by atoms with Crippen LogP contribution in [0.3, 0.4) is 0 Å². The molecule has 5 nitrogen and oxygen atoms in total. The number of rotatable bonds is 4. The minimum absolute atomic E-state index is 0.121. The summed E-state index contributed by atoms with van der Waals surface area (Å²) in [5.41, 5.74) is -0.770. The smallest absolute Gasteiger partial charge is 0.223 e. The van der Waals surface area contributed by atoms with Gasteiger partial charge < -0.3 is 20.1 Å². The second-order valence-corrected chi connectivity index (χ2v) is 6.47. The Morgan fingerprint density at radius 2 is 2.15 bits per heavy atom. The number of ether oxygens (including phenoxy) is 1. The van der Waals surface area contributed by atoms with E-state index in [1.54, 1.807) is 11.9 Å². The van der Waals surface area contributed by atoms with Crippen LogP contribution < -0.4 is 5.32 Å². The molecule has 116 valence electrons. The van der Waals surface area contributed by atoms with E-state index < -0.39 is 5.60 Å². The van der Waals surface area contributed by atoms with Crippen LogP contribution in [0.2, 0.25) is 0 Å². The molecule has 0 aromatic carbocycles. The maximum absolute atomic E-state index is 12.3. The number of hydrogen-bond acceptors (Lipinski definition) is 4. The van der Waals surface area contributed by atoms with Crippen LogP contribution in [0.1, 0.15) is 39.0 Å². The topological polar surface area (TPSA) is 61.8 Å². The van der Waals surface area contributed by atoms with Crippen molar-refractivity contribution in [2.45, 2.75) is 50.7 Å². The Morgan fingerprint density at radius 3 is 2.80 bits per heavy atom. The van der Waals surface area contributed by atoms with Gasteiger partial charge in [0.25, 0.3) is 0 Å². The molecule has 2 rings (SSSR count). The van der Waals surface area contributed by atoms with Gasteiger partial charge in [0.05, 0.1) is 5.60 Å². The van der Waals surface area contributed by atoms with Crippen LogP contribution >= 0.6 is 0 Å². The number of carbonyl (C=O) groups excluding carboxylic acids is 1. The summed E-state index contributed by atoms with van der Waals surface area (Å²) < 4.78 is 5.27. The predicted molar refractivity (Wildman–Crippen MR) is 77.4 cm³/mol. The molecule has 0 bridgehead atoms. The Hall–Kier alpha value is -0.650. The van der Waals surface area contributed by atoms with Crippen molar-refractivity contribution in [3.63, 3.8) is 0 Å². The average molecular weight is 284 g/mol. The molecule has 0 aromatic heterocycles. The molecule has 2 aliphatic heterocycles. The molecular weight excluding hydrogens is 256 g/mol. The van der Waals surface area contributed by atoms with Crippen molar-refractivity contribution in [3.05, 3.63) is 0 Å². The van der Waals surface area contributed by atoms with Gasteiger partial charge in [0.1, 0.15) is 0 Å². The lowest BCUT2D eigenvalue weighted by atomic mass is 9.90. The Labute approximate surface area is 121 Å². The van der Waals surface area contributed by atoms with E-state index in [9.17, 15) is 9.90 Å². The molecule has 0 saturated carbocycles. The largest absolute Gasteiger partial charge is 0.388 e. The van der Waals surface area contributed by atoms with Gasteiger partial charge in [-0.2, -0.15) is 0 Å². The van der Waals surface area contributed by atoms with E-state index in [2.05, 4.69) is 12.2 Å². The van der Waals surface area contributed by atoms with Gasteiger partial charge in [-0.15, -0.1) is 0 Å². The number of nitrogens with one attached hydrogen (secondary N) is 1. The molecule has 0 radical (unpaired) electrons. The summed E-state index contributed by atoms with van der Waals surface area (Å²) in [5.74, 6) is 0.670. The predicted octanol–water partition coefficient (Wildman–Crippen LogP) is 0.764. The summed E-state index contributed by atoms with van der Waals surface area (Å²) in [5, 5.41) is 13.9. The van der Waals surface area contributed by atoms with Crippen molar-refractivity contribution >= 4 is 5.91 Å². The molecule has 2 fully saturated rings. The van der Waals surface area contributed by atoms with Crippen LogP contribution in [-0.4, -0.2) is 60.9 Å². The summed E-state index contributed by atoms with van der Waals surface area (Å²) in [4.78, 5) is 14.0.